The maximum absolute atomic E-state index is 12.8. The molecule has 1 atom stereocenters. The number of hydrogen-bond donors (Lipinski definition) is 3. The molecule has 142 valence electrons. The second-order valence-corrected chi connectivity index (χ2v) is 8.06. The Labute approximate surface area is 157 Å². The molecule has 1 unspecified atom stereocenters. The standard InChI is InChI=1S/C20H24N4O3/c1-13-20(10-19(11-20,12-25)27-13)22-18(26)21-17-15-8-5-9-16(15)23-24(17)14-6-3-2-4-7-14/h2-4,6-7,13,25H,5,8-12H2,1H3,(H2,21,22,26). The summed E-state index contributed by atoms with van der Waals surface area (Å²) in [6.07, 6.45) is 4.13. The lowest BCUT2D eigenvalue weighted by Crippen LogP contribution is -2.63. The SMILES string of the molecule is CC1OC2(CO)CC1(NC(=O)Nc1c3c(nn1-c1ccccc1)CCC3)C2. The highest BCUT2D eigenvalue weighted by molar-refractivity contribution is 5.90. The van der Waals surface area contributed by atoms with Gasteiger partial charge in [0.1, 0.15) is 5.82 Å². The molecule has 2 amide bonds. The molecule has 7 nitrogen and oxygen atoms in total. The van der Waals surface area contributed by atoms with Crippen LogP contribution >= 0.6 is 0 Å². The smallest absolute Gasteiger partial charge is 0.320 e. The molecule has 2 aliphatic heterocycles. The van der Waals surface area contributed by atoms with E-state index >= 15 is 0 Å². The molecule has 7 heteroatoms. The number of fused-ring (bicyclic) bond motifs is 2. The van der Waals surface area contributed by atoms with Crippen molar-refractivity contribution in [1.29, 1.82) is 0 Å². The zero-order valence-electron chi connectivity index (χ0n) is 15.4. The fourth-order valence-electron chi connectivity index (χ4n) is 4.94. The number of benzene rings is 1. The summed E-state index contributed by atoms with van der Waals surface area (Å²) in [7, 11) is 0. The minimum Gasteiger partial charge on any atom is -0.393 e. The Morgan fingerprint density at radius 3 is 2.81 bits per heavy atom. The van der Waals surface area contributed by atoms with Crippen LogP contribution in [-0.4, -0.2) is 44.8 Å². The van der Waals surface area contributed by atoms with Crippen molar-refractivity contribution < 1.29 is 14.6 Å². The van der Waals surface area contributed by atoms with Gasteiger partial charge in [-0.25, -0.2) is 9.48 Å². The van der Waals surface area contributed by atoms with Gasteiger partial charge in [0.2, 0.25) is 0 Å². The molecule has 27 heavy (non-hydrogen) atoms. The highest BCUT2D eigenvalue weighted by atomic mass is 16.5. The average molecular weight is 368 g/mol. The normalized spacial score (nSPS) is 30.7. The van der Waals surface area contributed by atoms with Crippen LogP contribution in [0.15, 0.2) is 30.3 Å². The Bertz CT molecular complexity index is 886. The van der Waals surface area contributed by atoms with Gasteiger partial charge in [0.05, 0.1) is 35.2 Å². The quantitative estimate of drug-likeness (QED) is 0.772. The molecule has 2 bridgehead atoms. The first kappa shape index (κ1) is 16.8. The largest absolute Gasteiger partial charge is 0.393 e. The maximum atomic E-state index is 12.8. The van der Waals surface area contributed by atoms with Crippen LogP contribution in [0.5, 0.6) is 0 Å². The third-order valence-corrected chi connectivity index (χ3v) is 6.27. The number of aromatic nitrogens is 2. The van der Waals surface area contributed by atoms with E-state index in [0.29, 0.717) is 12.8 Å². The van der Waals surface area contributed by atoms with Crippen LogP contribution in [0.2, 0.25) is 0 Å². The Morgan fingerprint density at radius 1 is 1.33 bits per heavy atom. The molecular formula is C20H24N4O3. The van der Waals surface area contributed by atoms with E-state index in [1.807, 2.05) is 41.9 Å². The van der Waals surface area contributed by atoms with E-state index in [2.05, 4.69) is 10.6 Å². The number of amides is 2. The number of hydrogen-bond acceptors (Lipinski definition) is 4. The van der Waals surface area contributed by atoms with Gasteiger partial charge < -0.3 is 15.2 Å². The van der Waals surface area contributed by atoms with Crippen LogP contribution in [0.1, 0.15) is 37.4 Å². The van der Waals surface area contributed by atoms with Crippen LogP contribution in [-0.2, 0) is 17.6 Å². The van der Waals surface area contributed by atoms with Crippen molar-refractivity contribution >= 4 is 11.8 Å². The Morgan fingerprint density at radius 2 is 2.11 bits per heavy atom. The summed E-state index contributed by atoms with van der Waals surface area (Å²) >= 11 is 0. The van der Waals surface area contributed by atoms with Crippen LogP contribution in [0.25, 0.3) is 5.69 Å². The van der Waals surface area contributed by atoms with E-state index < -0.39 is 11.1 Å². The van der Waals surface area contributed by atoms with Gasteiger partial charge in [-0.2, -0.15) is 5.10 Å². The van der Waals surface area contributed by atoms with Crippen molar-refractivity contribution in [3.05, 3.63) is 41.6 Å². The predicted molar refractivity (Wildman–Crippen MR) is 100 cm³/mol. The number of aliphatic hydroxyl groups is 1. The van der Waals surface area contributed by atoms with E-state index in [1.54, 1.807) is 0 Å². The summed E-state index contributed by atoms with van der Waals surface area (Å²) in [6.45, 7) is 1.95. The molecule has 2 saturated heterocycles. The fraction of sp³-hybridized carbons (Fsp3) is 0.500. The third-order valence-electron chi connectivity index (χ3n) is 6.27. The van der Waals surface area contributed by atoms with Crippen molar-refractivity contribution in [2.45, 2.75) is 56.3 Å². The second-order valence-electron chi connectivity index (χ2n) is 8.06. The summed E-state index contributed by atoms with van der Waals surface area (Å²) < 4.78 is 7.70. The Hall–Kier alpha value is -2.38. The van der Waals surface area contributed by atoms with E-state index in [-0.39, 0.29) is 18.7 Å². The molecule has 6 rings (SSSR count). The molecule has 0 spiro atoms. The number of anilines is 1. The lowest BCUT2D eigenvalue weighted by Gasteiger charge is -2.44. The Kier molecular flexibility index (Phi) is 3.61. The van der Waals surface area contributed by atoms with Gasteiger partial charge in [-0.15, -0.1) is 0 Å². The molecule has 3 fully saturated rings. The van der Waals surface area contributed by atoms with E-state index in [0.717, 1.165) is 42.0 Å². The average Bonchev–Trinajstić information content (AvgIpc) is 3.34. The second kappa shape index (κ2) is 5.81. The highest BCUT2D eigenvalue weighted by Crippen LogP contribution is 2.55. The zero-order valence-corrected chi connectivity index (χ0v) is 15.4. The number of ether oxygens (including phenoxy) is 1. The first-order valence-corrected chi connectivity index (χ1v) is 9.58. The lowest BCUT2D eigenvalue weighted by atomic mass is 9.66. The number of rotatable bonds is 4. The number of nitrogens with zero attached hydrogens (tertiary/aromatic N) is 2. The lowest BCUT2D eigenvalue weighted by molar-refractivity contribution is -0.0609. The molecule has 1 aromatic heterocycles. The fourth-order valence-corrected chi connectivity index (χ4v) is 4.94. The molecule has 2 aliphatic carbocycles. The molecule has 3 heterocycles. The van der Waals surface area contributed by atoms with Gasteiger partial charge in [-0.05, 0) is 38.3 Å². The van der Waals surface area contributed by atoms with Crippen LogP contribution in [0, 0.1) is 0 Å². The van der Waals surface area contributed by atoms with E-state index in [1.165, 1.54) is 0 Å². The van der Waals surface area contributed by atoms with Gasteiger partial charge in [0.15, 0.2) is 0 Å². The van der Waals surface area contributed by atoms with Gasteiger partial charge in [-0.3, -0.25) is 5.32 Å². The number of nitrogens with one attached hydrogen (secondary N) is 2. The minimum absolute atomic E-state index is 0.00330. The van der Waals surface area contributed by atoms with Crippen molar-refractivity contribution in [1.82, 2.24) is 15.1 Å². The summed E-state index contributed by atoms with van der Waals surface area (Å²) in [5, 5.41) is 20.4. The van der Waals surface area contributed by atoms with E-state index in [4.69, 9.17) is 9.84 Å². The Balaban J connectivity index is 1.39. The number of aryl methyl sites for hydroxylation is 1. The van der Waals surface area contributed by atoms with Crippen molar-refractivity contribution in [2.75, 3.05) is 11.9 Å². The van der Waals surface area contributed by atoms with Crippen LogP contribution < -0.4 is 10.6 Å². The number of carbonyl (C=O) groups excluding carboxylic acids is 1. The molecule has 0 radical (unpaired) electrons. The predicted octanol–water partition coefficient (Wildman–Crippen LogP) is 2.16. The van der Waals surface area contributed by atoms with Gasteiger partial charge >= 0.3 is 6.03 Å². The topological polar surface area (TPSA) is 88.4 Å². The number of carbonyl (C=O) groups is 1. The van der Waals surface area contributed by atoms with Crippen molar-refractivity contribution in [3.8, 4) is 5.69 Å². The van der Waals surface area contributed by atoms with E-state index in [9.17, 15) is 9.90 Å². The number of aliphatic hydroxyl groups excluding tert-OH is 1. The molecule has 1 saturated carbocycles. The first-order valence-electron chi connectivity index (χ1n) is 9.58. The van der Waals surface area contributed by atoms with Gasteiger partial charge in [0, 0.05) is 18.4 Å². The number of para-hydroxylation sites is 1. The van der Waals surface area contributed by atoms with Crippen LogP contribution in [0.3, 0.4) is 0 Å². The van der Waals surface area contributed by atoms with Crippen molar-refractivity contribution in [2.24, 2.45) is 0 Å². The van der Waals surface area contributed by atoms with Crippen molar-refractivity contribution in [3.63, 3.8) is 0 Å². The maximum Gasteiger partial charge on any atom is 0.320 e. The first-order chi connectivity index (χ1) is 13.0. The summed E-state index contributed by atoms with van der Waals surface area (Å²) in [5.41, 5.74) is 2.25. The monoisotopic (exact) mass is 368 g/mol. The van der Waals surface area contributed by atoms with Gasteiger partial charge in [0.25, 0.3) is 0 Å². The molecule has 3 N–H and O–H groups in total. The molecule has 1 aromatic carbocycles. The summed E-state index contributed by atoms with van der Waals surface area (Å²) in [5.74, 6) is 0.752. The summed E-state index contributed by atoms with van der Waals surface area (Å²) in [6, 6.07) is 9.61. The number of urea groups is 1. The van der Waals surface area contributed by atoms with Crippen LogP contribution in [0.4, 0.5) is 10.6 Å². The zero-order chi connectivity index (χ0) is 18.6. The molecular weight excluding hydrogens is 344 g/mol. The van der Waals surface area contributed by atoms with Gasteiger partial charge in [-0.1, -0.05) is 18.2 Å². The third kappa shape index (κ3) is 2.49. The minimum atomic E-state index is -0.472. The summed E-state index contributed by atoms with van der Waals surface area (Å²) in [4.78, 5) is 12.8. The molecule has 2 aromatic rings. The molecule has 4 aliphatic rings. The highest BCUT2D eigenvalue weighted by Gasteiger charge is 2.66.